The number of carbonyl (C=O) groups is 2. The smallest absolute Gasteiger partial charge is 0.272 e. The van der Waals surface area contributed by atoms with E-state index in [1.807, 2.05) is 12.4 Å². The van der Waals surface area contributed by atoms with Gasteiger partial charge in [-0.15, -0.1) is 0 Å². The number of nitrogens with zero attached hydrogens (tertiary/aromatic N) is 4. The summed E-state index contributed by atoms with van der Waals surface area (Å²) < 4.78 is 15.3. The molecular formula is C24H23FN6O2. The zero-order chi connectivity index (χ0) is 22.9. The van der Waals surface area contributed by atoms with Crippen LogP contribution in [0.5, 0.6) is 0 Å². The third kappa shape index (κ3) is 4.09. The number of fused-ring (bicyclic) bond motifs is 2. The van der Waals surface area contributed by atoms with E-state index in [9.17, 15) is 14.0 Å². The van der Waals surface area contributed by atoms with Crippen molar-refractivity contribution < 1.29 is 14.0 Å². The van der Waals surface area contributed by atoms with Gasteiger partial charge in [0, 0.05) is 61.7 Å². The summed E-state index contributed by atoms with van der Waals surface area (Å²) in [5.41, 5.74) is 3.66. The number of benzene rings is 1. The van der Waals surface area contributed by atoms with Crippen molar-refractivity contribution in [2.75, 3.05) is 13.1 Å². The quantitative estimate of drug-likeness (QED) is 0.493. The first-order chi connectivity index (χ1) is 16.0. The lowest BCUT2D eigenvalue weighted by molar-refractivity contribution is -0.123. The van der Waals surface area contributed by atoms with E-state index in [1.54, 1.807) is 47.1 Å². The van der Waals surface area contributed by atoms with Crippen LogP contribution in [0.25, 0.3) is 10.9 Å². The van der Waals surface area contributed by atoms with Crippen LogP contribution in [0, 0.1) is 5.82 Å². The summed E-state index contributed by atoms with van der Waals surface area (Å²) in [5, 5.41) is 8.26. The number of nitrogens with one attached hydrogen (secondary N) is 2. The summed E-state index contributed by atoms with van der Waals surface area (Å²) in [4.78, 5) is 35.0. The summed E-state index contributed by atoms with van der Waals surface area (Å²) in [6, 6.07) is 9.79. The Morgan fingerprint density at radius 2 is 2.15 bits per heavy atom. The van der Waals surface area contributed by atoms with Crippen LogP contribution < -0.4 is 5.32 Å². The van der Waals surface area contributed by atoms with Crippen LogP contribution in [-0.4, -0.2) is 49.6 Å². The molecule has 0 unspecified atom stereocenters. The maximum absolute atomic E-state index is 13.6. The topological polar surface area (TPSA) is 95.9 Å². The van der Waals surface area contributed by atoms with Gasteiger partial charge in [0.1, 0.15) is 11.5 Å². The highest BCUT2D eigenvalue weighted by atomic mass is 19.1. The predicted molar refractivity (Wildman–Crippen MR) is 120 cm³/mol. The molecule has 2 amide bonds. The number of pyridine rings is 1. The van der Waals surface area contributed by atoms with Crippen LogP contribution in [0.2, 0.25) is 0 Å². The number of halogens is 1. The average molecular weight is 446 g/mol. The molecule has 0 fully saturated rings. The normalized spacial score (nSPS) is 15.5. The van der Waals surface area contributed by atoms with Crippen LogP contribution >= 0.6 is 0 Å². The zero-order valence-electron chi connectivity index (χ0n) is 18.1. The van der Waals surface area contributed by atoms with Gasteiger partial charge in [-0.2, -0.15) is 5.10 Å². The van der Waals surface area contributed by atoms with Crippen molar-refractivity contribution in [2.45, 2.75) is 18.9 Å². The molecule has 8 nitrogen and oxygen atoms in total. The summed E-state index contributed by atoms with van der Waals surface area (Å²) in [6.45, 7) is 0.988. The molecule has 168 valence electrons. The van der Waals surface area contributed by atoms with Crippen molar-refractivity contribution in [2.24, 2.45) is 7.05 Å². The van der Waals surface area contributed by atoms with Gasteiger partial charge in [0.05, 0.1) is 11.6 Å². The van der Waals surface area contributed by atoms with Gasteiger partial charge in [-0.3, -0.25) is 19.3 Å². The molecule has 3 aromatic heterocycles. The number of H-pyrrole nitrogens is 1. The van der Waals surface area contributed by atoms with Crippen LogP contribution in [0.4, 0.5) is 4.39 Å². The molecule has 0 radical (unpaired) electrons. The van der Waals surface area contributed by atoms with Gasteiger partial charge in [0.25, 0.3) is 5.91 Å². The largest absolute Gasteiger partial charge is 0.361 e. The maximum atomic E-state index is 13.6. The third-order valence-electron chi connectivity index (χ3n) is 5.94. The van der Waals surface area contributed by atoms with Gasteiger partial charge in [-0.1, -0.05) is 6.07 Å². The molecule has 0 saturated heterocycles. The fraction of sp³-hybridized carbons (Fsp3) is 0.250. The van der Waals surface area contributed by atoms with Gasteiger partial charge >= 0.3 is 0 Å². The van der Waals surface area contributed by atoms with Gasteiger partial charge in [0.15, 0.2) is 0 Å². The lowest BCUT2D eigenvalue weighted by Crippen LogP contribution is -2.44. The van der Waals surface area contributed by atoms with Crippen molar-refractivity contribution in [1.82, 2.24) is 30.0 Å². The first kappa shape index (κ1) is 20.9. The molecule has 4 heterocycles. The lowest BCUT2D eigenvalue weighted by Gasteiger charge is -2.31. The Morgan fingerprint density at radius 3 is 2.97 bits per heavy atom. The average Bonchev–Trinajstić information content (AvgIpc) is 3.40. The highest BCUT2D eigenvalue weighted by molar-refractivity contribution is 5.93. The van der Waals surface area contributed by atoms with E-state index in [2.05, 4.69) is 20.4 Å². The molecule has 0 aliphatic carbocycles. The second-order valence-corrected chi connectivity index (χ2v) is 8.21. The molecular weight excluding hydrogens is 423 g/mol. The summed E-state index contributed by atoms with van der Waals surface area (Å²) in [5.74, 6) is -1.29. The van der Waals surface area contributed by atoms with Gasteiger partial charge < -0.3 is 15.2 Å². The number of aromatic amines is 1. The summed E-state index contributed by atoms with van der Waals surface area (Å²) in [6.07, 6.45) is 5.80. The van der Waals surface area contributed by atoms with Crippen molar-refractivity contribution in [3.63, 3.8) is 0 Å². The number of amides is 2. The second kappa shape index (κ2) is 8.50. The van der Waals surface area contributed by atoms with E-state index in [0.717, 1.165) is 22.0 Å². The number of carbonyl (C=O) groups excluding carboxylic acids is 2. The molecule has 0 saturated carbocycles. The van der Waals surface area contributed by atoms with E-state index in [1.165, 1.54) is 12.1 Å². The standard InChI is InChI=1S/C24H23FN6O2/c1-30-12-16-13-31(24(33)21-4-2-3-8-26-21)14-19(22(16)29-30)23(32)27-9-7-15-11-28-20-6-5-17(25)10-18(15)20/h2-6,8,10-12,19,28H,7,9,13-14H2,1H3,(H,27,32)/t19-/m1/s1. The first-order valence-corrected chi connectivity index (χ1v) is 10.8. The van der Waals surface area contributed by atoms with E-state index >= 15 is 0 Å². The van der Waals surface area contributed by atoms with Crippen LogP contribution in [0.15, 0.2) is 55.0 Å². The second-order valence-electron chi connectivity index (χ2n) is 8.21. The minimum atomic E-state index is -0.581. The Hall–Kier alpha value is -4.01. The molecule has 5 rings (SSSR count). The van der Waals surface area contributed by atoms with Crippen LogP contribution in [0.3, 0.4) is 0 Å². The van der Waals surface area contributed by atoms with Crippen molar-refractivity contribution >= 4 is 22.7 Å². The minimum Gasteiger partial charge on any atom is -0.361 e. The Kier molecular flexibility index (Phi) is 5.37. The monoisotopic (exact) mass is 446 g/mol. The number of hydrogen-bond donors (Lipinski definition) is 2. The Morgan fingerprint density at radius 1 is 1.27 bits per heavy atom. The molecule has 0 spiro atoms. The molecule has 2 N–H and O–H groups in total. The van der Waals surface area contributed by atoms with Crippen LogP contribution in [-0.2, 0) is 24.8 Å². The highest BCUT2D eigenvalue weighted by Crippen LogP contribution is 2.28. The SMILES string of the molecule is Cn1cc2c(n1)[C@H](C(=O)NCCc1c[nH]c3ccc(F)cc13)CN(C(=O)c1ccccn1)C2. The van der Waals surface area contributed by atoms with Crippen molar-refractivity contribution in [1.29, 1.82) is 0 Å². The van der Waals surface area contributed by atoms with Crippen LogP contribution in [0.1, 0.15) is 33.2 Å². The number of aryl methyl sites for hydroxylation is 1. The highest BCUT2D eigenvalue weighted by Gasteiger charge is 2.35. The predicted octanol–water partition coefficient (Wildman–Crippen LogP) is 2.53. The molecule has 9 heteroatoms. The minimum absolute atomic E-state index is 0.195. The Balaban J connectivity index is 1.30. The number of hydrogen-bond acceptors (Lipinski definition) is 4. The molecule has 1 atom stereocenters. The van der Waals surface area contributed by atoms with E-state index in [-0.39, 0.29) is 24.2 Å². The van der Waals surface area contributed by atoms with E-state index in [0.29, 0.717) is 30.9 Å². The fourth-order valence-electron chi connectivity index (χ4n) is 4.36. The lowest BCUT2D eigenvalue weighted by atomic mass is 9.95. The Bertz CT molecular complexity index is 1330. The molecule has 33 heavy (non-hydrogen) atoms. The molecule has 1 aliphatic rings. The first-order valence-electron chi connectivity index (χ1n) is 10.8. The molecule has 1 aromatic carbocycles. The molecule has 1 aliphatic heterocycles. The number of rotatable bonds is 5. The zero-order valence-corrected chi connectivity index (χ0v) is 18.1. The van der Waals surface area contributed by atoms with Gasteiger partial charge in [-0.05, 0) is 42.3 Å². The van der Waals surface area contributed by atoms with Crippen molar-refractivity contribution in [3.8, 4) is 0 Å². The molecule has 0 bridgehead atoms. The summed E-state index contributed by atoms with van der Waals surface area (Å²) in [7, 11) is 1.80. The fourth-order valence-corrected chi connectivity index (χ4v) is 4.36. The summed E-state index contributed by atoms with van der Waals surface area (Å²) >= 11 is 0. The van der Waals surface area contributed by atoms with Gasteiger partial charge in [-0.25, -0.2) is 4.39 Å². The Labute approximate surface area is 189 Å². The molecule has 4 aromatic rings. The van der Waals surface area contributed by atoms with E-state index in [4.69, 9.17) is 0 Å². The van der Waals surface area contributed by atoms with E-state index < -0.39 is 5.92 Å². The third-order valence-corrected chi connectivity index (χ3v) is 5.94. The van der Waals surface area contributed by atoms with Crippen molar-refractivity contribution in [3.05, 3.63) is 83.3 Å². The van der Waals surface area contributed by atoms with Gasteiger partial charge in [0.2, 0.25) is 5.91 Å². The number of aromatic nitrogens is 4. The maximum Gasteiger partial charge on any atom is 0.272 e.